The van der Waals surface area contributed by atoms with Crippen molar-refractivity contribution in [2.45, 2.75) is 0 Å². The number of nitrogens with zero attached hydrogens (tertiary/aromatic N) is 5. The van der Waals surface area contributed by atoms with Crippen LogP contribution in [0.2, 0.25) is 0 Å². The molecule has 4 N–H and O–H groups in total. The van der Waals surface area contributed by atoms with E-state index in [-0.39, 0.29) is 17.7 Å². The third kappa shape index (κ3) is 4.31. The van der Waals surface area contributed by atoms with Gasteiger partial charge in [0.25, 0.3) is 0 Å². The lowest BCUT2D eigenvalue weighted by molar-refractivity contribution is 0.628. The lowest BCUT2D eigenvalue weighted by atomic mass is 10.3. The minimum Gasteiger partial charge on any atom is -0.324 e. The second kappa shape index (κ2) is 7.44. The van der Waals surface area contributed by atoms with Gasteiger partial charge in [0.05, 0.1) is 0 Å². The quantitative estimate of drug-likeness (QED) is 0.412. The monoisotopic (exact) mass is 363 g/mol. The van der Waals surface area contributed by atoms with E-state index in [0.29, 0.717) is 17.6 Å². The topological polar surface area (TPSA) is 116 Å². The second-order valence-electron chi connectivity index (χ2n) is 5.39. The standard InChI is InChI=1S/C17H14FN9/c18-11-6-8-13(9-7-11)22-16-24-15(21-12-4-2-1-3-5-12)25-17(26-16)23-14-19-10-20-27-14/h1-10H,(H4,19,20,21,22,23,24,25,26,27). The van der Waals surface area contributed by atoms with Gasteiger partial charge < -0.3 is 10.6 Å². The molecule has 0 bridgehead atoms. The number of para-hydroxylation sites is 1. The van der Waals surface area contributed by atoms with Gasteiger partial charge in [0.15, 0.2) is 0 Å². The van der Waals surface area contributed by atoms with Crippen LogP contribution in [0.1, 0.15) is 0 Å². The van der Waals surface area contributed by atoms with E-state index in [1.54, 1.807) is 12.1 Å². The number of halogens is 1. The highest BCUT2D eigenvalue weighted by molar-refractivity contribution is 5.60. The Morgan fingerprint density at radius 2 is 1.30 bits per heavy atom. The summed E-state index contributed by atoms with van der Waals surface area (Å²) in [7, 11) is 0. The Kier molecular flexibility index (Phi) is 4.51. The molecule has 0 saturated heterocycles. The van der Waals surface area contributed by atoms with Gasteiger partial charge in [-0.3, -0.25) is 5.32 Å². The van der Waals surface area contributed by atoms with Crippen molar-refractivity contribution in [3.8, 4) is 0 Å². The van der Waals surface area contributed by atoms with E-state index in [4.69, 9.17) is 0 Å². The van der Waals surface area contributed by atoms with Crippen LogP contribution in [0, 0.1) is 5.82 Å². The van der Waals surface area contributed by atoms with Crippen LogP contribution in [0.4, 0.5) is 39.6 Å². The Balaban J connectivity index is 1.63. The van der Waals surface area contributed by atoms with E-state index >= 15 is 0 Å². The fraction of sp³-hybridized carbons (Fsp3) is 0. The van der Waals surface area contributed by atoms with Crippen molar-refractivity contribution < 1.29 is 4.39 Å². The number of aromatic nitrogens is 6. The number of anilines is 6. The molecule has 2 aromatic heterocycles. The Labute approximate surface area is 153 Å². The summed E-state index contributed by atoms with van der Waals surface area (Å²) in [6.07, 6.45) is 1.37. The molecule has 0 amide bonds. The summed E-state index contributed by atoms with van der Waals surface area (Å²) in [5.41, 5.74) is 1.46. The first-order chi connectivity index (χ1) is 13.2. The van der Waals surface area contributed by atoms with Crippen LogP contribution in [0.3, 0.4) is 0 Å². The molecule has 27 heavy (non-hydrogen) atoms. The van der Waals surface area contributed by atoms with Gasteiger partial charge in [-0.25, -0.2) is 9.49 Å². The van der Waals surface area contributed by atoms with Crippen LogP contribution in [0.5, 0.6) is 0 Å². The fourth-order valence-electron chi connectivity index (χ4n) is 2.23. The lowest BCUT2D eigenvalue weighted by Gasteiger charge is -2.10. The maximum atomic E-state index is 13.1. The van der Waals surface area contributed by atoms with E-state index in [1.165, 1.54) is 18.5 Å². The van der Waals surface area contributed by atoms with Crippen LogP contribution in [-0.4, -0.2) is 30.1 Å². The summed E-state index contributed by atoms with van der Waals surface area (Å²) in [6.45, 7) is 0. The second-order valence-corrected chi connectivity index (χ2v) is 5.39. The van der Waals surface area contributed by atoms with Crippen molar-refractivity contribution in [1.29, 1.82) is 0 Å². The molecule has 2 heterocycles. The van der Waals surface area contributed by atoms with Crippen LogP contribution in [0.15, 0.2) is 60.9 Å². The average Bonchev–Trinajstić information content (AvgIpc) is 3.17. The smallest absolute Gasteiger partial charge is 0.236 e. The van der Waals surface area contributed by atoms with Crippen molar-refractivity contribution in [3.05, 3.63) is 66.7 Å². The van der Waals surface area contributed by atoms with Gasteiger partial charge in [-0.05, 0) is 36.4 Å². The maximum absolute atomic E-state index is 13.1. The predicted molar refractivity (Wildman–Crippen MR) is 98.9 cm³/mol. The highest BCUT2D eigenvalue weighted by Crippen LogP contribution is 2.19. The molecule has 0 aliphatic rings. The number of hydrogen-bond acceptors (Lipinski definition) is 8. The van der Waals surface area contributed by atoms with Gasteiger partial charge in [-0.15, -0.1) is 0 Å². The first-order valence-electron chi connectivity index (χ1n) is 7.98. The van der Waals surface area contributed by atoms with Gasteiger partial charge in [0.1, 0.15) is 12.1 Å². The van der Waals surface area contributed by atoms with E-state index in [1.807, 2.05) is 30.3 Å². The van der Waals surface area contributed by atoms with E-state index in [0.717, 1.165) is 5.69 Å². The molecule has 0 radical (unpaired) electrons. The summed E-state index contributed by atoms with van der Waals surface area (Å²) in [5, 5.41) is 15.5. The maximum Gasteiger partial charge on any atom is 0.236 e. The molecular formula is C17H14FN9. The van der Waals surface area contributed by atoms with Crippen molar-refractivity contribution in [1.82, 2.24) is 30.1 Å². The zero-order chi connectivity index (χ0) is 18.5. The molecule has 134 valence electrons. The van der Waals surface area contributed by atoms with E-state index in [2.05, 4.69) is 46.1 Å². The molecule has 9 nitrogen and oxygen atoms in total. The Hall–Kier alpha value is -4.08. The third-order valence-corrected chi connectivity index (χ3v) is 3.41. The average molecular weight is 363 g/mol. The van der Waals surface area contributed by atoms with Crippen molar-refractivity contribution >= 4 is 35.2 Å². The molecule has 10 heteroatoms. The number of nitrogens with one attached hydrogen (secondary N) is 4. The summed E-state index contributed by atoms with van der Waals surface area (Å²) >= 11 is 0. The summed E-state index contributed by atoms with van der Waals surface area (Å²) in [5.74, 6) is 0.916. The minimum atomic E-state index is -0.324. The van der Waals surface area contributed by atoms with E-state index in [9.17, 15) is 4.39 Å². The Morgan fingerprint density at radius 3 is 1.89 bits per heavy atom. The first kappa shape index (κ1) is 16.4. The van der Waals surface area contributed by atoms with Gasteiger partial charge in [0, 0.05) is 11.4 Å². The third-order valence-electron chi connectivity index (χ3n) is 3.41. The molecule has 0 saturated carbocycles. The van der Waals surface area contributed by atoms with Gasteiger partial charge in [-0.2, -0.15) is 25.0 Å². The normalized spacial score (nSPS) is 10.4. The van der Waals surface area contributed by atoms with Crippen molar-refractivity contribution in [3.63, 3.8) is 0 Å². The minimum absolute atomic E-state index is 0.254. The number of aromatic amines is 1. The number of H-pyrrole nitrogens is 1. The molecule has 0 aliphatic heterocycles. The predicted octanol–water partition coefficient (Wildman–Crippen LogP) is 3.36. The number of benzene rings is 2. The number of hydrogen-bond donors (Lipinski definition) is 4. The molecule has 4 aromatic rings. The van der Waals surface area contributed by atoms with Crippen molar-refractivity contribution in [2.24, 2.45) is 0 Å². The lowest BCUT2D eigenvalue weighted by Crippen LogP contribution is -2.07. The van der Waals surface area contributed by atoms with Crippen LogP contribution >= 0.6 is 0 Å². The highest BCUT2D eigenvalue weighted by atomic mass is 19.1. The summed E-state index contributed by atoms with van der Waals surface area (Å²) in [4.78, 5) is 17.0. The van der Waals surface area contributed by atoms with Crippen LogP contribution < -0.4 is 16.0 Å². The Bertz CT molecular complexity index is 1000. The summed E-state index contributed by atoms with van der Waals surface area (Å²) < 4.78 is 13.1. The molecule has 0 spiro atoms. The zero-order valence-electron chi connectivity index (χ0n) is 13.9. The van der Waals surface area contributed by atoms with Crippen LogP contribution in [-0.2, 0) is 0 Å². The van der Waals surface area contributed by atoms with Crippen molar-refractivity contribution in [2.75, 3.05) is 16.0 Å². The van der Waals surface area contributed by atoms with E-state index < -0.39 is 0 Å². The first-order valence-corrected chi connectivity index (χ1v) is 7.98. The largest absolute Gasteiger partial charge is 0.324 e. The fourth-order valence-corrected chi connectivity index (χ4v) is 2.23. The molecule has 0 fully saturated rings. The number of rotatable bonds is 6. The molecule has 0 unspecified atom stereocenters. The molecule has 2 aromatic carbocycles. The van der Waals surface area contributed by atoms with Gasteiger partial charge in [0.2, 0.25) is 23.8 Å². The molecule has 4 rings (SSSR count). The molecular weight excluding hydrogens is 349 g/mol. The molecule has 0 atom stereocenters. The van der Waals surface area contributed by atoms with Crippen LogP contribution in [0.25, 0.3) is 0 Å². The SMILES string of the molecule is Fc1ccc(Nc2nc(Nc3ccccc3)nc(Nc3ncn[nH]3)n2)cc1. The zero-order valence-corrected chi connectivity index (χ0v) is 13.9. The van der Waals surface area contributed by atoms with Gasteiger partial charge in [-0.1, -0.05) is 18.2 Å². The van der Waals surface area contributed by atoms with Gasteiger partial charge >= 0.3 is 0 Å². The molecule has 0 aliphatic carbocycles. The Morgan fingerprint density at radius 1 is 0.704 bits per heavy atom. The summed E-state index contributed by atoms with van der Waals surface area (Å²) in [6, 6.07) is 15.4. The highest BCUT2D eigenvalue weighted by Gasteiger charge is 2.09.